The summed E-state index contributed by atoms with van der Waals surface area (Å²) < 4.78 is 0. The highest BCUT2D eigenvalue weighted by molar-refractivity contribution is 5.79. The number of terminal acetylenes is 1. The second-order valence-corrected chi connectivity index (χ2v) is 21.3. The molecule has 35 heteroatoms. The summed E-state index contributed by atoms with van der Waals surface area (Å²) >= 11 is 0. The first kappa shape index (κ1) is 83.9. The molecule has 522 valence electrons. The van der Waals surface area contributed by atoms with Gasteiger partial charge in [0.2, 0.25) is 35.4 Å². The Morgan fingerprint density at radius 1 is 0.217 bits per heavy atom. The van der Waals surface area contributed by atoms with Gasteiger partial charge < -0.3 is 102 Å². The van der Waals surface area contributed by atoms with Crippen LogP contribution in [0.1, 0.15) is 89.9 Å². The maximum atomic E-state index is 13.1. The van der Waals surface area contributed by atoms with Crippen molar-refractivity contribution in [2.24, 2.45) is 0 Å². The molecule has 0 atom stereocenters. The molecule has 0 aromatic rings. The zero-order chi connectivity index (χ0) is 69.1. The van der Waals surface area contributed by atoms with Crippen molar-refractivity contribution in [1.82, 2.24) is 66.2 Å². The molecule has 0 saturated carbocycles. The van der Waals surface area contributed by atoms with E-state index >= 15 is 0 Å². The SMILES string of the molecule is C#CCN(CCC(=O)NCCN(CCC(=O)NCCN(CCC(=O)O)CCC(=O)O)CCC(=O)NCCN(CCC(=O)O)CCC(=O)O)CCC(=O)NCCN(CCC(=O)NCCN(CCC(=O)O)CCC(=O)O)CCC(=O)NCCN(CCC(=O)O)CCC(=O)O. The van der Waals surface area contributed by atoms with Crippen molar-refractivity contribution in [1.29, 1.82) is 0 Å². The van der Waals surface area contributed by atoms with Gasteiger partial charge in [0.25, 0.3) is 0 Å². The number of carboxylic acid groups (broad SMARTS) is 8. The Balaban J connectivity index is 5.70. The normalized spacial score (nSPS) is 11.2. The summed E-state index contributed by atoms with van der Waals surface area (Å²) in [6.07, 6.45) is 3.53. The maximum absolute atomic E-state index is 13.1. The van der Waals surface area contributed by atoms with E-state index in [1.165, 1.54) is 0 Å². The van der Waals surface area contributed by atoms with Gasteiger partial charge >= 0.3 is 47.8 Å². The zero-order valence-electron chi connectivity index (χ0n) is 52.5. The Morgan fingerprint density at radius 2 is 0.348 bits per heavy atom. The van der Waals surface area contributed by atoms with E-state index in [0.717, 1.165) is 0 Å². The summed E-state index contributed by atoms with van der Waals surface area (Å²) in [5, 5.41) is 89.3. The number of carbonyl (C=O) groups is 14. The van der Waals surface area contributed by atoms with E-state index in [1.807, 2.05) is 0 Å². The molecule has 0 aromatic heterocycles. The van der Waals surface area contributed by atoms with Gasteiger partial charge in [-0.05, 0) is 0 Å². The highest BCUT2D eigenvalue weighted by atomic mass is 16.4. The molecule has 0 unspecified atom stereocenters. The minimum Gasteiger partial charge on any atom is -0.481 e. The third-order valence-corrected chi connectivity index (χ3v) is 13.9. The van der Waals surface area contributed by atoms with Crippen LogP contribution >= 0.6 is 0 Å². The Bertz CT molecular complexity index is 2020. The fourth-order valence-electron chi connectivity index (χ4n) is 8.65. The number of hydrogen-bond donors (Lipinski definition) is 14. The molecule has 0 rings (SSSR count). The van der Waals surface area contributed by atoms with Gasteiger partial charge in [0.05, 0.1) is 57.9 Å². The van der Waals surface area contributed by atoms with Crippen LogP contribution in [0, 0.1) is 12.3 Å². The molecule has 0 aromatic carbocycles. The molecule has 35 nitrogen and oxygen atoms in total. The number of rotatable bonds is 61. The molecule has 0 radical (unpaired) electrons. The van der Waals surface area contributed by atoms with Gasteiger partial charge in [0.1, 0.15) is 0 Å². The lowest BCUT2D eigenvalue weighted by Crippen LogP contribution is -2.42. The molecule has 0 saturated heterocycles. The molecule has 0 aliphatic heterocycles. The van der Waals surface area contributed by atoms with Crippen LogP contribution in [0.2, 0.25) is 0 Å². The lowest BCUT2D eigenvalue weighted by Gasteiger charge is -2.24. The van der Waals surface area contributed by atoms with Crippen LogP contribution in [0.5, 0.6) is 0 Å². The minimum atomic E-state index is -1.07. The predicted octanol–water partition coefficient (Wildman–Crippen LogP) is -4.43. The highest BCUT2D eigenvalue weighted by Gasteiger charge is 2.19. The lowest BCUT2D eigenvalue weighted by atomic mass is 10.2. The third kappa shape index (κ3) is 52.6. The molecule has 14 N–H and O–H groups in total. The first-order chi connectivity index (χ1) is 43.6. The van der Waals surface area contributed by atoms with Crippen molar-refractivity contribution in [2.75, 3.05) is 177 Å². The molecule has 92 heavy (non-hydrogen) atoms. The summed E-state index contributed by atoms with van der Waals surface area (Å²) in [5.41, 5.74) is 0. The fourth-order valence-corrected chi connectivity index (χ4v) is 8.65. The van der Waals surface area contributed by atoms with Crippen molar-refractivity contribution < 1.29 is 108 Å². The van der Waals surface area contributed by atoms with Gasteiger partial charge in [-0.25, -0.2) is 0 Å². The Labute approximate surface area is 534 Å². The van der Waals surface area contributed by atoms with Gasteiger partial charge in [-0.15, -0.1) is 6.42 Å². The quantitative estimate of drug-likeness (QED) is 0.0256. The first-order valence-electron chi connectivity index (χ1n) is 30.5. The van der Waals surface area contributed by atoms with Crippen molar-refractivity contribution in [2.45, 2.75) is 89.9 Å². The number of carboxylic acids is 8. The fraction of sp³-hybridized carbons (Fsp3) is 0.719. The predicted molar refractivity (Wildman–Crippen MR) is 328 cm³/mol. The van der Waals surface area contributed by atoms with E-state index in [0.29, 0.717) is 0 Å². The van der Waals surface area contributed by atoms with E-state index in [4.69, 9.17) is 47.3 Å². The van der Waals surface area contributed by atoms with E-state index in [1.54, 1.807) is 34.3 Å². The van der Waals surface area contributed by atoms with Gasteiger partial charge in [-0.1, -0.05) is 5.92 Å². The van der Waals surface area contributed by atoms with E-state index in [9.17, 15) is 67.1 Å². The van der Waals surface area contributed by atoms with Crippen LogP contribution in [-0.4, -0.2) is 335 Å². The Kier molecular flexibility index (Phi) is 47.8. The second kappa shape index (κ2) is 52.5. The average Bonchev–Trinajstić information content (AvgIpc) is 2.96. The molecule has 0 spiro atoms. The van der Waals surface area contributed by atoms with Crippen LogP contribution in [0.3, 0.4) is 0 Å². The summed E-state index contributed by atoms with van der Waals surface area (Å²) in [7, 11) is 0. The van der Waals surface area contributed by atoms with Gasteiger partial charge in [-0.2, -0.15) is 0 Å². The van der Waals surface area contributed by atoms with Crippen LogP contribution in [0.15, 0.2) is 0 Å². The number of nitrogens with zero attached hydrogens (tertiary/aromatic N) is 7. The van der Waals surface area contributed by atoms with E-state index < -0.39 is 47.8 Å². The summed E-state index contributed by atoms with van der Waals surface area (Å²) in [6, 6.07) is 0. The highest BCUT2D eigenvalue weighted by Crippen LogP contribution is 2.03. The lowest BCUT2D eigenvalue weighted by molar-refractivity contribution is -0.139. The zero-order valence-corrected chi connectivity index (χ0v) is 52.5. The van der Waals surface area contributed by atoms with Crippen LogP contribution < -0.4 is 31.9 Å². The van der Waals surface area contributed by atoms with Gasteiger partial charge in [0, 0.05) is 209 Å². The summed E-state index contributed by atoms with van der Waals surface area (Å²) in [4.78, 5) is 179. The first-order valence-corrected chi connectivity index (χ1v) is 30.5. The number of aliphatic carboxylic acids is 8. The second-order valence-electron chi connectivity index (χ2n) is 21.3. The number of hydrogen-bond acceptors (Lipinski definition) is 21. The third-order valence-electron chi connectivity index (χ3n) is 13.9. The van der Waals surface area contributed by atoms with Crippen LogP contribution in [0.4, 0.5) is 0 Å². The topological polar surface area (TPSA) is 496 Å². The van der Waals surface area contributed by atoms with Crippen LogP contribution in [-0.2, 0) is 67.1 Å². The van der Waals surface area contributed by atoms with Crippen molar-refractivity contribution in [3.8, 4) is 12.3 Å². The molecular weight excluding hydrogens is 1220 g/mol. The molecule has 0 aliphatic rings. The Hall–Kier alpha value is -8.14. The summed E-state index contributed by atoms with van der Waals surface area (Å²) in [6.45, 7) is 3.19. The molecule has 0 bridgehead atoms. The van der Waals surface area contributed by atoms with Crippen molar-refractivity contribution in [3.63, 3.8) is 0 Å². The average molecular weight is 1320 g/mol. The largest absolute Gasteiger partial charge is 0.481 e. The standard InChI is InChI=1S/C57H97N13O22/c1-2-23-64(24-3-44(71)58-17-38-65(26-5-46(73)60-19-40-67(30-9-50(77)78)31-10-51(79)80)27-6-47(74)61-20-41-68(32-11-52(81)82)33-12-53(83)84)25-4-45(72)59-18-39-66(28-7-48(75)62-21-42-69(34-13-54(85)86)35-14-55(87)88)29-8-49(76)63-22-43-70(36-15-56(89)90)37-16-57(91)92/h1H,3-43H2,(H,58,71)(H,59,72)(H,60,73)(H,61,74)(H,62,75)(H,63,76)(H,77,78)(H,79,80)(H,81,82)(H,83,84)(H,85,86)(H,87,88)(H,89,90)(H,91,92). The minimum absolute atomic E-state index is 0.0302. The van der Waals surface area contributed by atoms with Crippen LogP contribution in [0.25, 0.3) is 0 Å². The van der Waals surface area contributed by atoms with E-state index in [2.05, 4.69) is 37.8 Å². The van der Waals surface area contributed by atoms with Gasteiger partial charge in [0.15, 0.2) is 0 Å². The number of amides is 6. The molecule has 0 fully saturated rings. The monoisotopic (exact) mass is 1320 g/mol. The number of nitrogens with one attached hydrogen (secondary N) is 6. The molecule has 0 heterocycles. The van der Waals surface area contributed by atoms with Crippen molar-refractivity contribution in [3.05, 3.63) is 0 Å². The Morgan fingerprint density at radius 3 is 0.478 bits per heavy atom. The van der Waals surface area contributed by atoms with Crippen molar-refractivity contribution >= 4 is 83.2 Å². The smallest absolute Gasteiger partial charge is 0.304 e. The number of carbonyl (C=O) groups excluding carboxylic acids is 6. The van der Waals surface area contributed by atoms with Gasteiger partial charge in [-0.3, -0.25) is 72.0 Å². The maximum Gasteiger partial charge on any atom is 0.304 e. The molecule has 0 aliphatic carbocycles. The molecular formula is C57H97N13O22. The summed E-state index contributed by atoms with van der Waals surface area (Å²) in [5.74, 6) is -8.33. The van der Waals surface area contributed by atoms with E-state index in [-0.39, 0.29) is 302 Å². The molecule has 6 amide bonds.